The molecule has 1 aromatic heterocycles. The minimum Gasteiger partial charge on any atom is -0.240 e. The highest BCUT2D eigenvalue weighted by molar-refractivity contribution is 8.13. The van der Waals surface area contributed by atoms with E-state index >= 15 is 0 Å². The van der Waals surface area contributed by atoms with Gasteiger partial charge in [0.25, 0.3) is 15.5 Å². The van der Waals surface area contributed by atoms with Crippen molar-refractivity contribution in [2.45, 2.75) is 18.4 Å². The van der Waals surface area contributed by atoms with Crippen LogP contribution in [0.5, 0.6) is 0 Å². The molecule has 7 heteroatoms. The van der Waals surface area contributed by atoms with Gasteiger partial charge in [-0.25, -0.2) is 22.2 Å². The molecule has 0 fully saturated rings. The van der Waals surface area contributed by atoms with Crippen molar-refractivity contribution < 1.29 is 17.2 Å². The Bertz CT molecular complexity index is 447. The normalized spacial score (nSPS) is 12.1. The van der Waals surface area contributed by atoms with E-state index in [-0.39, 0.29) is 0 Å². The van der Waals surface area contributed by atoms with Crippen molar-refractivity contribution in [3.8, 4) is 0 Å². The minimum absolute atomic E-state index is 0.314. The standard InChI is InChI=1S/C7H6ClF2NO2S/c1-4-2-3-5(6(9)10)7(11-4)14(8,12)13/h2-3,6H,1H3. The maximum atomic E-state index is 12.3. The van der Waals surface area contributed by atoms with E-state index in [0.717, 1.165) is 6.07 Å². The fourth-order valence-corrected chi connectivity index (χ4v) is 1.97. The second kappa shape index (κ2) is 3.78. The highest BCUT2D eigenvalue weighted by Crippen LogP contribution is 2.27. The van der Waals surface area contributed by atoms with E-state index in [9.17, 15) is 17.2 Å². The maximum Gasteiger partial charge on any atom is 0.279 e. The smallest absolute Gasteiger partial charge is 0.240 e. The van der Waals surface area contributed by atoms with Crippen LogP contribution in [-0.4, -0.2) is 13.4 Å². The Kier molecular flexibility index (Phi) is 3.06. The van der Waals surface area contributed by atoms with E-state index in [1.165, 1.54) is 13.0 Å². The van der Waals surface area contributed by atoms with Crippen LogP contribution in [0.1, 0.15) is 17.7 Å². The summed E-state index contributed by atoms with van der Waals surface area (Å²) in [6, 6.07) is 2.30. The summed E-state index contributed by atoms with van der Waals surface area (Å²) in [4.78, 5) is 3.47. The van der Waals surface area contributed by atoms with Gasteiger partial charge < -0.3 is 0 Å². The summed E-state index contributed by atoms with van der Waals surface area (Å²) in [6.45, 7) is 1.49. The molecule has 0 N–H and O–H groups in total. The Balaban J connectivity index is 3.46. The van der Waals surface area contributed by atoms with Gasteiger partial charge in [0.2, 0.25) is 0 Å². The number of hydrogen-bond acceptors (Lipinski definition) is 3. The molecule has 1 aromatic rings. The summed E-state index contributed by atoms with van der Waals surface area (Å²) in [6.07, 6.45) is -2.91. The molecule has 0 saturated heterocycles. The van der Waals surface area contributed by atoms with Crippen molar-refractivity contribution >= 4 is 19.7 Å². The van der Waals surface area contributed by atoms with Crippen LogP contribution in [0.15, 0.2) is 17.2 Å². The van der Waals surface area contributed by atoms with Gasteiger partial charge >= 0.3 is 0 Å². The Morgan fingerprint density at radius 3 is 2.43 bits per heavy atom. The van der Waals surface area contributed by atoms with Crippen molar-refractivity contribution in [1.82, 2.24) is 4.98 Å². The Hall–Kier alpha value is -0.750. The topological polar surface area (TPSA) is 47.0 Å². The molecular formula is C7H6ClF2NO2S. The van der Waals surface area contributed by atoms with Crippen LogP contribution in [0.3, 0.4) is 0 Å². The molecule has 0 aromatic carbocycles. The lowest BCUT2D eigenvalue weighted by molar-refractivity contribution is 0.147. The number of halogens is 3. The second-order valence-electron chi connectivity index (χ2n) is 2.59. The quantitative estimate of drug-likeness (QED) is 0.746. The molecule has 0 aliphatic rings. The number of hydrogen-bond donors (Lipinski definition) is 0. The fraction of sp³-hybridized carbons (Fsp3) is 0.286. The average Bonchev–Trinajstić information content (AvgIpc) is 2.01. The molecule has 0 saturated carbocycles. The summed E-state index contributed by atoms with van der Waals surface area (Å²) >= 11 is 0. The van der Waals surface area contributed by atoms with Gasteiger partial charge in [-0.3, -0.25) is 0 Å². The summed E-state index contributed by atoms with van der Waals surface area (Å²) in [5, 5.41) is -0.769. The van der Waals surface area contributed by atoms with E-state index in [1.807, 2.05) is 0 Å². The van der Waals surface area contributed by atoms with Gasteiger partial charge in [-0.1, -0.05) is 0 Å². The largest absolute Gasteiger partial charge is 0.279 e. The molecule has 1 heterocycles. The lowest BCUT2D eigenvalue weighted by atomic mass is 10.2. The van der Waals surface area contributed by atoms with E-state index < -0.39 is 26.1 Å². The van der Waals surface area contributed by atoms with Crippen LogP contribution in [0.4, 0.5) is 8.78 Å². The van der Waals surface area contributed by atoms with E-state index in [0.29, 0.717) is 5.69 Å². The average molecular weight is 242 g/mol. The summed E-state index contributed by atoms with van der Waals surface area (Å²) in [7, 11) is 0.736. The number of nitrogens with zero attached hydrogens (tertiary/aromatic N) is 1. The van der Waals surface area contributed by atoms with Gasteiger partial charge in [0.05, 0.1) is 5.56 Å². The fourth-order valence-electron chi connectivity index (χ4n) is 0.905. The second-order valence-corrected chi connectivity index (χ2v) is 5.07. The minimum atomic E-state index is -4.22. The number of aromatic nitrogens is 1. The molecule has 0 spiro atoms. The van der Waals surface area contributed by atoms with E-state index in [1.54, 1.807) is 0 Å². The van der Waals surface area contributed by atoms with Crippen LogP contribution in [0, 0.1) is 6.92 Å². The van der Waals surface area contributed by atoms with Crippen molar-refractivity contribution in [1.29, 1.82) is 0 Å². The first-order valence-corrected chi connectivity index (χ1v) is 5.83. The Labute approximate surface area is 84.1 Å². The van der Waals surface area contributed by atoms with Gasteiger partial charge in [-0.05, 0) is 19.1 Å². The van der Waals surface area contributed by atoms with Crippen LogP contribution in [-0.2, 0) is 9.05 Å². The lowest BCUT2D eigenvalue weighted by Crippen LogP contribution is -2.03. The summed E-state index contributed by atoms with van der Waals surface area (Å²) in [5.74, 6) is 0. The van der Waals surface area contributed by atoms with E-state index in [2.05, 4.69) is 4.98 Å². The SMILES string of the molecule is Cc1ccc(C(F)F)c(S(=O)(=O)Cl)n1. The molecule has 0 amide bonds. The molecule has 0 atom stereocenters. The van der Waals surface area contributed by atoms with Gasteiger partial charge in [0.15, 0.2) is 5.03 Å². The Morgan fingerprint density at radius 2 is 2.00 bits per heavy atom. The van der Waals surface area contributed by atoms with Crippen molar-refractivity contribution in [2.24, 2.45) is 0 Å². The highest BCUT2D eigenvalue weighted by atomic mass is 35.7. The third kappa shape index (κ3) is 2.39. The van der Waals surface area contributed by atoms with Crippen molar-refractivity contribution in [3.63, 3.8) is 0 Å². The molecule has 78 valence electrons. The Morgan fingerprint density at radius 1 is 1.43 bits per heavy atom. The zero-order valence-electron chi connectivity index (χ0n) is 7.04. The summed E-state index contributed by atoms with van der Waals surface area (Å²) in [5.41, 5.74) is -0.362. The maximum absolute atomic E-state index is 12.3. The van der Waals surface area contributed by atoms with Crippen molar-refractivity contribution in [2.75, 3.05) is 0 Å². The molecule has 1 rings (SSSR count). The molecule has 0 aliphatic heterocycles. The first-order valence-electron chi connectivity index (χ1n) is 3.52. The third-order valence-electron chi connectivity index (χ3n) is 1.49. The number of pyridine rings is 1. The van der Waals surface area contributed by atoms with Crippen LogP contribution in [0.25, 0.3) is 0 Å². The highest BCUT2D eigenvalue weighted by Gasteiger charge is 2.23. The molecular weight excluding hydrogens is 236 g/mol. The van der Waals surface area contributed by atoms with Gasteiger partial charge in [-0.15, -0.1) is 0 Å². The van der Waals surface area contributed by atoms with E-state index in [4.69, 9.17) is 10.7 Å². The zero-order chi connectivity index (χ0) is 10.9. The van der Waals surface area contributed by atoms with Gasteiger partial charge in [0.1, 0.15) is 0 Å². The predicted molar refractivity (Wildman–Crippen MR) is 47.0 cm³/mol. The van der Waals surface area contributed by atoms with Gasteiger partial charge in [0, 0.05) is 16.4 Å². The molecule has 0 radical (unpaired) electrons. The number of rotatable bonds is 2. The van der Waals surface area contributed by atoms with Crippen LogP contribution >= 0.6 is 10.7 Å². The summed E-state index contributed by atoms with van der Waals surface area (Å²) < 4.78 is 46.4. The predicted octanol–water partition coefficient (Wildman–Crippen LogP) is 2.26. The van der Waals surface area contributed by atoms with Crippen molar-refractivity contribution in [3.05, 3.63) is 23.4 Å². The lowest BCUT2D eigenvalue weighted by Gasteiger charge is -2.05. The first-order chi connectivity index (χ1) is 6.32. The van der Waals surface area contributed by atoms with Gasteiger partial charge in [-0.2, -0.15) is 0 Å². The third-order valence-corrected chi connectivity index (χ3v) is 2.72. The molecule has 0 unspecified atom stereocenters. The van der Waals surface area contributed by atoms with Crippen LogP contribution < -0.4 is 0 Å². The molecule has 0 aliphatic carbocycles. The molecule has 3 nitrogen and oxygen atoms in total. The molecule has 0 bridgehead atoms. The zero-order valence-corrected chi connectivity index (χ0v) is 8.61. The monoisotopic (exact) mass is 241 g/mol. The first kappa shape index (κ1) is 11.3. The molecule has 14 heavy (non-hydrogen) atoms. The van der Waals surface area contributed by atoms with Crippen LogP contribution in [0.2, 0.25) is 0 Å². The number of alkyl halides is 2. The number of aryl methyl sites for hydroxylation is 1.